The van der Waals surface area contributed by atoms with Crippen molar-refractivity contribution >= 4 is 11.8 Å². The number of hydrogen-bond donors (Lipinski definition) is 3. The van der Waals surface area contributed by atoms with Crippen molar-refractivity contribution in [1.82, 2.24) is 10.2 Å². The molecule has 0 saturated carbocycles. The Labute approximate surface area is 287 Å². The smallest absolute Gasteiger partial charge is 0.241 e. The van der Waals surface area contributed by atoms with Crippen LogP contribution in [-0.2, 0) is 9.59 Å². The van der Waals surface area contributed by atoms with Gasteiger partial charge in [0.1, 0.15) is 0 Å². The summed E-state index contributed by atoms with van der Waals surface area (Å²) in [5.41, 5.74) is 11.4. The lowest BCUT2D eigenvalue weighted by atomic mass is 10.0. The molecule has 0 heterocycles. The molecule has 1 unspecified atom stereocenters. The normalized spacial score (nSPS) is 12.2. The molecule has 0 radical (unpaired) electrons. The van der Waals surface area contributed by atoms with Gasteiger partial charge in [-0.3, -0.25) is 9.59 Å². The first-order valence-corrected chi connectivity index (χ1v) is 20.2. The van der Waals surface area contributed by atoms with E-state index in [9.17, 15) is 9.59 Å². The average Bonchev–Trinajstić information content (AvgIpc) is 3.06. The molecule has 0 fully saturated rings. The van der Waals surface area contributed by atoms with E-state index in [2.05, 4.69) is 31.3 Å². The fourth-order valence-corrected chi connectivity index (χ4v) is 6.12. The number of unbranched alkanes of at least 4 members (excludes halogenated alkanes) is 25. The van der Waals surface area contributed by atoms with Crippen LogP contribution in [0.2, 0.25) is 0 Å². The molecular formula is C40H80N4O2. The zero-order valence-electron chi connectivity index (χ0n) is 31.0. The van der Waals surface area contributed by atoms with Crippen molar-refractivity contribution in [2.45, 2.75) is 206 Å². The molecule has 0 aromatic heterocycles. The third-order valence-corrected chi connectivity index (χ3v) is 9.30. The van der Waals surface area contributed by atoms with Gasteiger partial charge in [0.05, 0.1) is 12.6 Å². The molecular weight excluding hydrogens is 568 g/mol. The monoisotopic (exact) mass is 649 g/mol. The molecule has 0 aromatic carbocycles. The number of nitrogens with zero attached hydrogens (tertiary/aromatic N) is 1. The molecule has 0 rings (SSSR count). The Balaban J connectivity index is 4.12. The maximum Gasteiger partial charge on any atom is 0.241 e. The third kappa shape index (κ3) is 31.2. The summed E-state index contributed by atoms with van der Waals surface area (Å²) in [5, 5.41) is 2.74. The summed E-state index contributed by atoms with van der Waals surface area (Å²) in [7, 11) is 0. The molecule has 0 saturated heterocycles. The van der Waals surface area contributed by atoms with E-state index >= 15 is 0 Å². The molecule has 0 bridgehead atoms. The highest BCUT2D eigenvalue weighted by Crippen LogP contribution is 2.14. The first-order chi connectivity index (χ1) is 22.6. The van der Waals surface area contributed by atoms with Gasteiger partial charge in [-0.1, -0.05) is 167 Å². The second kappa shape index (κ2) is 36.4. The van der Waals surface area contributed by atoms with Gasteiger partial charge in [-0.2, -0.15) is 0 Å². The number of nitrogens with one attached hydrogen (secondary N) is 1. The highest BCUT2D eigenvalue weighted by molar-refractivity contribution is 5.87. The number of rotatable bonds is 36. The Morgan fingerprint density at radius 2 is 0.913 bits per heavy atom. The van der Waals surface area contributed by atoms with Crippen molar-refractivity contribution in [1.29, 1.82) is 0 Å². The summed E-state index contributed by atoms with van der Waals surface area (Å²) in [5.74, 6) is -0.275. The van der Waals surface area contributed by atoms with E-state index in [0.717, 1.165) is 32.4 Å². The summed E-state index contributed by atoms with van der Waals surface area (Å²) in [6.45, 7) is 6.51. The van der Waals surface area contributed by atoms with Crippen LogP contribution in [-0.4, -0.2) is 48.9 Å². The van der Waals surface area contributed by atoms with E-state index < -0.39 is 6.04 Å². The maximum atomic E-state index is 13.0. The lowest BCUT2D eigenvalue weighted by Gasteiger charge is -2.23. The van der Waals surface area contributed by atoms with Gasteiger partial charge in [0, 0.05) is 13.1 Å². The Bertz CT molecular complexity index is 684. The Morgan fingerprint density at radius 3 is 1.28 bits per heavy atom. The van der Waals surface area contributed by atoms with E-state index in [0.29, 0.717) is 13.0 Å². The highest BCUT2D eigenvalue weighted by Gasteiger charge is 2.17. The van der Waals surface area contributed by atoms with Crippen LogP contribution < -0.4 is 16.8 Å². The SMILES string of the molecule is CCCCCCCCC=CCCCCCCCCN(CCCCCCCCCCCCCCCC)C(=O)CNC(=O)C(N)CCN. The summed E-state index contributed by atoms with van der Waals surface area (Å²) >= 11 is 0. The maximum absolute atomic E-state index is 13.0. The second-order valence-corrected chi connectivity index (χ2v) is 13.8. The van der Waals surface area contributed by atoms with Crippen LogP contribution in [0.25, 0.3) is 0 Å². The second-order valence-electron chi connectivity index (χ2n) is 13.8. The number of hydrogen-bond acceptors (Lipinski definition) is 4. The lowest BCUT2D eigenvalue weighted by Crippen LogP contribution is -2.47. The molecule has 272 valence electrons. The van der Waals surface area contributed by atoms with Gasteiger partial charge < -0.3 is 21.7 Å². The van der Waals surface area contributed by atoms with Crippen LogP contribution in [0.5, 0.6) is 0 Å². The topological polar surface area (TPSA) is 101 Å². The lowest BCUT2D eigenvalue weighted by molar-refractivity contribution is -0.133. The number of allylic oxidation sites excluding steroid dienone is 2. The summed E-state index contributed by atoms with van der Waals surface area (Å²) in [6, 6.07) is -0.646. The first-order valence-electron chi connectivity index (χ1n) is 20.2. The Kier molecular flexibility index (Phi) is 35.3. The Hall–Kier alpha value is -1.40. The number of carbonyl (C=O) groups is 2. The largest absolute Gasteiger partial charge is 0.346 e. The van der Waals surface area contributed by atoms with Crippen LogP contribution in [0.3, 0.4) is 0 Å². The van der Waals surface area contributed by atoms with E-state index in [1.165, 1.54) is 161 Å². The zero-order chi connectivity index (χ0) is 33.8. The minimum absolute atomic E-state index is 0.00994. The molecule has 0 aliphatic carbocycles. The summed E-state index contributed by atoms with van der Waals surface area (Å²) in [4.78, 5) is 27.2. The van der Waals surface area contributed by atoms with Crippen LogP contribution >= 0.6 is 0 Å². The standard InChI is InChI=1S/C40H80N4O2/c1-3-5-7-9-11-13-15-17-19-20-22-24-26-28-30-32-36-44(39(45)37-43-40(46)38(42)33-34-41)35-31-29-27-25-23-21-18-16-14-12-10-8-6-4-2/h17,19,38H,3-16,18,20-37,41-42H2,1-2H3,(H,43,46). The molecule has 6 heteroatoms. The summed E-state index contributed by atoms with van der Waals surface area (Å²) in [6.07, 6.45) is 41.7. The van der Waals surface area contributed by atoms with Gasteiger partial charge in [0.2, 0.25) is 11.8 Å². The van der Waals surface area contributed by atoms with Crippen LogP contribution in [0, 0.1) is 0 Å². The minimum atomic E-state index is -0.646. The number of amides is 2. The van der Waals surface area contributed by atoms with Gasteiger partial charge in [0.25, 0.3) is 0 Å². The molecule has 1 atom stereocenters. The van der Waals surface area contributed by atoms with Crippen LogP contribution in [0.4, 0.5) is 0 Å². The predicted octanol–water partition coefficient (Wildman–Crippen LogP) is 10.1. The van der Waals surface area contributed by atoms with Crippen molar-refractivity contribution in [2.24, 2.45) is 11.5 Å². The Morgan fingerprint density at radius 1 is 0.565 bits per heavy atom. The van der Waals surface area contributed by atoms with E-state index in [-0.39, 0.29) is 18.4 Å². The molecule has 5 N–H and O–H groups in total. The van der Waals surface area contributed by atoms with Crippen molar-refractivity contribution < 1.29 is 9.59 Å². The fourth-order valence-electron chi connectivity index (χ4n) is 6.12. The van der Waals surface area contributed by atoms with Crippen LogP contribution in [0.15, 0.2) is 12.2 Å². The summed E-state index contributed by atoms with van der Waals surface area (Å²) < 4.78 is 0. The van der Waals surface area contributed by atoms with E-state index in [1.54, 1.807) is 0 Å². The average molecular weight is 649 g/mol. The zero-order valence-corrected chi connectivity index (χ0v) is 31.0. The van der Waals surface area contributed by atoms with Gasteiger partial charge in [0.15, 0.2) is 0 Å². The quantitative estimate of drug-likeness (QED) is 0.0465. The number of carbonyl (C=O) groups excluding carboxylic acids is 2. The van der Waals surface area contributed by atoms with Gasteiger partial charge in [-0.05, 0) is 51.5 Å². The van der Waals surface area contributed by atoms with E-state index in [1.807, 2.05) is 4.90 Å². The molecule has 6 nitrogen and oxygen atoms in total. The predicted molar refractivity (Wildman–Crippen MR) is 201 cm³/mol. The molecule has 0 aliphatic rings. The molecule has 0 aliphatic heterocycles. The van der Waals surface area contributed by atoms with Crippen LogP contribution in [0.1, 0.15) is 200 Å². The van der Waals surface area contributed by atoms with Crippen molar-refractivity contribution in [3.05, 3.63) is 12.2 Å². The third-order valence-electron chi connectivity index (χ3n) is 9.30. The van der Waals surface area contributed by atoms with Gasteiger partial charge in [-0.15, -0.1) is 0 Å². The van der Waals surface area contributed by atoms with Gasteiger partial charge in [-0.25, -0.2) is 0 Å². The van der Waals surface area contributed by atoms with Crippen molar-refractivity contribution in [3.8, 4) is 0 Å². The van der Waals surface area contributed by atoms with Gasteiger partial charge >= 0.3 is 0 Å². The molecule has 0 aromatic rings. The highest BCUT2D eigenvalue weighted by atomic mass is 16.2. The number of nitrogens with two attached hydrogens (primary N) is 2. The fraction of sp³-hybridized carbons (Fsp3) is 0.900. The minimum Gasteiger partial charge on any atom is -0.346 e. The van der Waals surface area contributed by atoms with Crippen molar-refractivity contribution in [3.63, 3.8) is 0 Å². The molecule has 2 amide bonds. The molecule has 46 heavy (non-hydrogen) atoms. The molecule has 0 spiro atoms. The van der Waals surface area contributed by atoms with E-state index in [4.69, 9.17) is 11.5 Å². The first kappa shape index (κ1) is 44.6. The van der Waals surface area contributed by atoms with Crippen molar-refractivity contribution in [2.75, 3.05) is 26.2 Å².